The van der Waals surface area contributed by atoms with E-state index in [1.165, 1.54) is 11.0 Å². The Labute approximate surface area is 254 Å². The third-order valence-electron chi connectivity index (χ3n) is 7.29. The molecule has 3 aromatic rings. The maximum atomic E-state index is 13.8. The smallest absolute Gasteiger partial charge is 0.306 e. The summed E-state index contributed by atoms with van der Waals surface area (Å²) in [7, 11) is 1.64. The molecule has 2 aromatic carbocycles. The Hall–Kier alpha value is -5.26. The van der Waals surface area contributed by atoms with Crippen molar-refractivity contribution in [3.05, 3.63) is 65.5 Å². The van der Waals surface area contributed by atoms with Crippen LogP contribution in [0.4, 0.5) is 17.1 Å². The minimum atomic E-state index is -1.36. The van der Waals surface area contributed by atoms with Gasteiger partial charge in [0.25, 0.3) is 17.7 Å². The van der Waals surface area contributed by atoms with Crippen molar-refractivity contribution in [3.63, 3.8) is 0 Å². The normalized spacial score (nSPS) is 15.0. The summed E-state index contributed by atoms with van der Waals surface area (Å²) < 4.78 is 11.0. The van der Waals surface area contributed by atoms with Crippen molar-refractivity contribution in [2.24, 2.45) is 5.73 Å². The zero-order chi connectivity index (χ0) is 31.9. The molecule has 3 N–H and O–H groups in total. The monoisotopic (exact) mass is 599 g/mol. The van der Waals surface area contributed by atoms with Crippen molar-refractivity contribution in [1.29, 1.82) is 0 Å². The van der Waals surface area contributed by atoms with E-state index in [2.05, 4.69) is 10.3 Å². The Morgan fingerprint density at radius 2 is 1.82 bits per heavy atom. The van der Waals surface area contributed by atoms with Crippen LogP contribution < -0.4 is 20.7 Å². The van der Waals surface area contributed by atoms with Gasteiger partial charge in [-0.1, -0.05) is 6.07 Å². The minimum absolute atomic E-state index is 0.0521. The molecule has 0 saturated heterocycles. The summed E-state index contributed by atoms with van der Waals surface area (Å²) in [6, 6.07) is 10.6. The summed E-state index contributed by atoms with van der Waals surface area (Å²) in [6.45, 7) is 6.89. The lowest BCUT2D eigenvalue weighted by Gasteiger charge is -2.28. The quantitative estimate of drug-likeness (QED) is 0.290. The summed E-state index contributed by atoms with van der Waals surface area (Å²) in [4.78, 5) is 71.1. The first-order valence-corrected chi connectivity index (χ1v) is 14.0. The number of nitrogens with two attached hydrogens (primary N) is 1. The average Bonchev–Trinajstić information content (AvgIpc) is 3.20. The first kappa shape index (κ1) is 30.2. The number of carbonyl (C=O) groups excluding carboxylic acids is 5. The van der Waals surface area contributed by atoms with E-state index in [4.69, 9.17) is 15.2 Å². The van der Waals surface area contributed by atoms with Crippen LogP contribution in [0.5, 0.6) is 5.75 Å². The number of amides is 4. The van der Waals surface area contributed by atoms with Crippen molar-refractivity contribution in [1.82, 2.24) is 9.88 Å². The van der Waals surface area contributed by atoms with Crippen LogP contribution in [0.2, 0.25) is 0 Å². The van der Waals surface area contributed by atoms with E-state index in [0.717, 1.165) is 16.2 Å². The summed E-state index contributed by atoms with van der Waals surface area (Å²) in [5, 5.41) is 3.29. The molecule has 44 heavy (non-hydrogen) atoms. The summed E-state index contributed by atoms with van der Waals surface area (Å²) in [5.41, 5.74) is 8.66. The fourth-order valence-electron chi connectivity index (χ4n) is 5.25. The Balaban J connectivity index is 1.52. The van der Waals surface area contributed by atoms with Crippen molar-refractivity contribution in [3.8, 4) is 16.9 Å². The highest BCUT2D eigenvalue weighted by atomic mass is 16.6. The van der Waals surface area contributed by atoms with Gasteiger partial charge in [-0.05, 0) is 76.1 Å². The molecule has 4 amide bonds. The zero-order valence-electron chi connectivity index (χ0n) is 25.1. The van der Waals surface area contributed by atoms with E-state index in [1.807, 2.05) is 19.1 Å². The molecular weight excluding hydrogens is 566 g/mol. The predicted molar refractivity (Wildman–Crippen MR) is 162 cm³/mol. The van der Waals surface area contributed by atoms with Crippen LogP contribution in [0.15, 0.2) is 48.7 Å². The van der Waals surface area contributed by atoms with Gasteiger partial charge in [-0.25, -0.2) is 0 Å². The van der Waals surface area contributed by atoms with Crippen LogP contribution >= 0.6 is 0 Å². The lowest BCUT2D eigenvalue weighted by molar-refractivity contribution is -0.155. The SMILES string of the molecule is Cc1cc(-c2cc3c(cc2Nc2cccc4c2C(=O)N([C@@H](CCC(=O)OC(C)(C)C)C(N)=O)C4=O)N(C)C(=O)CO3)ccn1. The van der Waals surface area contributed by atoms with Crippen molar-refractivity contribution < 1.29 is 33.4 Å². The highest BCUT2D eigenvalue weighted by Gasteiger charge is 2.44. The van der Waals surface area contributed by atoms with Crippen LogP contribution in [0, 0.1) is 6.92 Å². The number of fused-ring (bicyclic) bond motifs is 2. The number of nitrogens with zero attached hydrogens (tertiary/aromatic N) is 3. The molecule has 3 heterocycles. The Morgan fingerprint density at radius 3 is 2.50 bits per heavy atom. The van der Waals surface area contributed by atoms with Crippen LogP contribution in [-0.4, -0.2) is 64.8 Å². The van der Waals surface area contributed by atoms with Gasteiger partial charge < -0.3 is 25.4 Å². The number of hydrogen-bond acceptors (Lipinski definition) is 9. The van der Waals surface area contributed by atoms with Crippen LogP contribution in [-0.2, 0) is 19.1 Å². The number of aryl methyl sites for hydroxylation is 1. The number of benzene rings is 2. The number of carbonyl (C=O) groups is 5. The standard InChI is InChI=1S/C32H33N5O7/c1-17-13-18(11-12-34-17)20-14-25-24(36(5)26(38)16-43-25)15-22(20)35-21-8-6-7-19-28(21)31(42)37(30(19)41)23(29(33)40)9-10-27(39)44-32(2,3)4/h6-8,11-15,23,35H,9-10,16H2,1-5H3,(H2,33,40)/t23-/m0/s1. The number of ether oxygens (including phenoxy) is 2. The van der Waals surface area contributed by atoms with Gasteiger partial charge in [0.05, 0.1) is 22.5 Å². The van der Waals surface area contributed by atoms with Gasteiger partial charge in [0.15, 0.2) is 6.61 Å². The van der Waals surface area contributed by atoms with E-state index in [-0.39, 0.29) is 36.5 Å². The molecule has 1 atom stereocenters. The molecule has 12 heteroatoms. The Kier molecular flexibility index (Phi) is 7.85. The molecular formula is C32H33N5O7. The number of rotatable bonds is 8. The molecule has 2 aliphatic rings. The zero-order valence-corrected chi connectivity index (χ0v) is 25.1. The van der Waals surface area contributed by atoms with E-state index in [1.54, 1.807) is 58.3 Å². The number of imide groups is 1. The number of hydrogen-bond donors (Lipinski definition) is 2. The summed E-state index contributed by atoms with van der Waals surface area (Å²) in [5.74, 6) is -2.65. The van der Waals surface area contributed by atoms with E-state index in [9.17, 15) is 24.0 Å². The number of nitrogens with one attached hydrogen (secondary N) is 1. The summed E-state index contributed by atoms with van der Waals surface area (Å²) in [6.07, 6.45) is 1.27. The lowest BCUT2D eigenvalue weighted by atomic mass is 10.0. The Morgan fingerprint density at radius 1 is 1.07 bits per heavy atom. The second-order valence-electron chi connectivity index (χ2n) is 11.7. The third kappa shape index (κ3) is 5.83. The molecule has 0 unspecified atom stereocenters. The van der Waals surface area contributed by atoms with E-state index < -0.39 is 35.3 Å². The number of primary amides is 1. The predicted octanol–water partition coefficient (Wildman–Crippen LogP) is 3.73. The lowest BCUT2D eigenvalue weighted by Crippen LogP contribution is -2.48. The van der Waals surface area contributed by atoms with Gasteiger partial charge >= 0.3 is 5.97 Å². The molecule has 228 valence electrons. The van der Waals surface area contributed by atoms with Crippen molar-refractivity contribution in [2.75, 3.05) is 23.9 Å². The van der Waals surface area contributed by atoms with Gasteiger partial charge in [-0.3, -0.25) is 33.9 Å². The van der Waals surface area contributed by atoms with Gasteiger partial charge in [-0.2, -0.15) is 0 Å². The Bertz CT molecular complexity index is 1710. The first-order chi connectivity index (χ1) is 20.7. The maximum absolute atomic E-state index is 13.8. The number of likely N-dealkylation sites (N-methyl/N-ethyl adjacent to an activating group) is 1. The molecule has 12 nitrogen and oxygen atoms in total. The second kappa shape index (κ2) is 11.4. The first-order valence-electron chi connectivity index (χ1n) is 14.0. The molecule has 5 rings (SSSR count). The highest BCUT2D eigenvalue weighted by molar-refractivity contribution is 6.25. The largest absolute Gasteiger partial charge is 0.482 e. The molecule has 2 aliphatic heterocycles. The molecule has 0 saturated carbocycles. The van der Waals surface area contributed by atoms with Gasteiger partial charge in [0, 0.05) is 36.6 Å². The molecule has 0 aliphatic carbocycles. The van der Waals surface area contributed by atoms with Crippen LogP contribution in [0.3, 0.4) is 0 Å². The highest BCUT2D eigenvalue weighted by Crippen LogP contribution is 2.43. The third-order valence-corrected chi connectivity index (χ3v) is 7.29. The molecule has 0 radical (unpaired) electrons. The van der Waals surface area contributed by atoms with E-state index >= 15 is 0 Å². The fourth-order valence-corrected chi connectivity index (χ4v) is 5.25. The van der Waals surface area contributed by atoms with Crippen molar-refractivity contribution >= 4 is 46.7 Å². The summed E-state index contributed by atoms with van der Waals surface area (Å²) >= 11 is 0. The maximum Gasteiger partial charge on any atom is 0.306 e. The van der Waals surface area contributed by atoms with Crippen LogP contribution in [0.25, 0.3) is 11.1 Å². The number of esters is 1. The van der Waals surface area contributed by atoms with Gasteiger partial charge in [0.1, 0.15) is 17.4 Å². The average molecular weight is 600 g/mol. The van der Waals surface area contributed by atoms with Crippen molar-refractivity contribution in [2.45, 2.75) is 52.2 Å². The molecule has 0 fully saturated rings. The molecule has 0 spiro atoms. The molecule has 1 aromatic heterocycles. The van der Waals surface area contributed by atoms with E-state index in [0.29, 0.717) is 28.4 Å². The molecule has 0 bridgehead atoms. The minimum Gasteiger partial charge on any atom is -0.482 e. The number of pyridine rings is 1. The van der Waals surface area contributed by atoms with Crippen LogP contribution in [0.1, 0.15) is 60.0 Å². The second-order valence-corrected chi connectivity index (χ2v) is 11.7. The van der Waals surface area contributed by atoms with Gasteiger partial charge in [0.2, 0.25) is 5.91 Å². The fraction of sp³-hybridized carbons (Fsp3) is 0.312. The van der Waals surface area contributed by atoms with Gasteiger partial charge in [-0.15, -0.1) is 0 Å². The topological polar surface area (TPSA) is 161 Å². The number of anilines is 3. The number of aromatic nitrogens is 1.